The van der Waals surface area contributed by atoms with Crippen LogP contribution in [0.1, 0.15) is 83.8 Å². The van der Waals surface area contributed by atoms with Crippen LogP contribution in [0.3, 0.4) is 0 Å². The molecular formula is C36H44N6O8. The molecule has 0 radical (unpaired) electrons. The highest BCUT2D eigenvalue weighted by atomic mass is 16.5. The van der Waals surface area contributed by atoms with Crippen LogP contribution in [0.15, 0.2) is 28.7 Å². The topological polar surface area (TPSA) is 165 Å². The Morgan fingerprint density at radius 1 is 1.00 bits per heavy atom. The van der Waals surface area contributed by atoms with E-state index in [1.54, 1.807) is 25.1 Å². The van der Waals surface area contributed by atoms with E-state index < -0.39 is 23.8 Å². The van der Waals surface area contributed by atoms with E-state index >= 15 is 0 Å². The summed E-state index contributed by atoms with van der Waals surface area (Å²) >= 11 is 0. The molecule has 4 bridgehead atoms. The molecule has 1 aromatic carbocycles. The first-order valence-electron chi connectivity index (χ1n) is 17.1. The molecule has 4 heterocycles. The van der Waals surface area contributed by atoms with Crippen LogP contribution in [0.2, 0.25) is 0 Å². The Labute approximate surface area is 290 Å². The van der Waals surface area contributed by atoms with Gasteiger partial charge in [-0.25, -0.2) is 9.97 Å². The van der Waals surface area contributed by atoms with Gasteiger partial charge in [-0.05, 0) is 56.4 Å². The fourth-order valence-corrected chi connectivity index (χ4v) is 6.75. The zero-order chi connectivity index (χ0) is 35.5. The lowest BCUT2D eigenvalue weighted by Gasteiger charge is -2.26. The third-order valence-electron chi connectivity index (χ3n) is 9.52. The molecule has 0 unspecified atom stereocenters. The number of ether oxygens (including phenoxy) is 3. The van der Waals surface area contributed by atoms with Crippen LogP contribution < -0.4 is 24.8 Å². The van der Waals surface area contributed by atoms with E-state index in [4.69, 9.17) is 18.6 Å². The maximum Gasteiger partial charge on any atom is 0.259 e. The first kappa shape index (κ1) is 34.7. The number of pyridine rings is 1. The van der Waals surface area contributed by atoms with Crippen molar-refractivity contribution in [1.29, 1.82) is 0 Å². The van der Waals surface area contributed by atoms with Crippen molar-refractivity contribution in [2.75, 3.05) is 33.9 Å². The zero-order valence-corrected chi connectivity index (χ0v) is 29.2. The number of fused-ring (bicyclic) bond motifs is 6. The molecule has 2 aliphatic heterocycles. The molecule has 2 aromatic heterocycles. The number of benzene rings is 1. The average Bonchev–Trinajstić information content (AvgIpc) is 3.85. The average molecular weight is 689 g/mol. The summed E-state index contributed by atoms with van der Waals surface area (Å²) in [4.78, 5) is 67.1. The van der Waals surface area contributed by atoms with Crippen molar-refractivity contribution in [2.24, 2.45) is 5.92 Å². The van der Waals surface area contributed by atoms with Gasteiger partial charge in [-0.2, -0.15) is 0 Å². The summed E-state index contributed by atoms with van der Waals surface area (Å²) in [6.07, 6.45) is 4.37. The lowest BCUT2D eigenvalue weighted by Crippen LogP contribution is -2.52. The molecule has 1 saturated carbocycles. The van der Waals surface area contributed by atoms with Gasteiger partial charge in [0.25, 0.3) is 11.8 Å². The number of carbonyl (C=O) groups is 4. The fourth-order valence-electron chi connectivity index (χ4n) is 6.75. The second kappa shape index (κ2) is 14.8. The smallest absolute Gasteiger partial charge is 0.259 e. The van der Waals surface area contributed by atoms with E-state index in [0.29, 0.717) is 58.6 Å². The number of hydrogen-bond acceptors (Lipinski definition) is 10. The Morgan fingerprint density at radius 3 is 2.50 bits per heavy atom. The largest absolute Gasteiger partial charge is 0.493 e. The highest BCUT2D eigenvalue weighted by Crippen LogP contribution is 2.35. The molecular weight excluding hydrogens is 644 g/mol. The van der Waals surface area contributed by atoms with Crippen molar-refractivity contribution in [3.05, 3.63) is 52.5 Å². The molecule has 3 aromatic rings. The molecule has 14 heteroatoms. The third-order valence-corrected chi connectivity index (χ3v) is 9.52. The standard InChI is InChI=1S/C36H44N6O8/c1-20(2)31-32(44)37-17-26-21(3)50-33(38-26)22-11-12-28(47-4)29(15-22)49-14-8-13-41(19-30(43)40-31)35(45)25-16-24-27(39-34(25)48-5)18-42(36(24)46)23-9-6-7-10-23/h11-12,15-16,20,23,31H,6-10,13-14,17-19H2,1-5H3,(H,37,44)(H,40,43)/t31-/m0/s1. The first-order chi connectivity index (χ1) is 24.1. The minimum atomic E-state index is -0.882. The number of aromatic nitrogens is 2. The van der Waals surface area contributed by atoms with E-state index in [9.17, 15) is 19.2 Å². The van der Waals surface area contributed by atoms with E-state index in [-0.39, 0.29) is 55.6 Å². The molecule has 2 N–H and O–H groups in total. The lowest BCUT2D eigenvalue weighted by atomic mass is 10.0. The Bertz CT molecular complexity index is 1780. The van der Waals surface area contributed by atoms with Crippen LogP contribution in [0.4, 0.5) is 0 Å². The van der Waals surface area contributed by atoms with Gasteiger partial charge in [0.1, 0.15) is 23.1 Å². The molecule has 14 nitrogen and oxygen atoms in total. The van der Waals surface area contributed by atoms with Gasteiger partial charge in [-0.3, -0.25) is 19.2 Å². The van der Waals surface area contributed by atoms with Crippen molar-refractivity contribution in [3.63, 3.8) is 0 Å². The van der Waals surface area contributed by atoms with Gasteiger partial charge >= 0.3 is 0 Å². The maximum absolute atomic E-state index is 14.3. The summed E-state index contributed by atoms with van der Waals surface area (Å²) in [5, 5.41) is 5.68. The molecule has 266 valence electrons. The van der Waals surface area contributed by atoms with E-state index in [1.165, 1.54) is 25.2 Å². The van der Waals surface area contributed by atoms with Crippen LogP contribution in [0, 0.1) is 12.8 Å². The minimum absolute atomic E-state index is 0.0798. The Balaban J connectivity index is 1.30. The van der Waals surface area contributed by atoms with Crippen LogP contribution in [-0.2, 0) is 22.7 Å². The molecule has 0 spiro atoms. The molecule has 50 heavy (non-hydrogen) atoms. The zero-order valence-electron chi connectivity index (χ0n) is 29.2. The highest BCUT2D eigenvalue weighted by molar-refractivity contribution is 6.04. The molecule has 1 atom stereocenters. The molecule has 6 rings (SSSR count). The Morgan fingerprint density at radius 2 is 1.78 bits per heavy atom. The van der Waals surface area contributed by atoms with Gasteiger partial charge in [0.05, 0.1) is 51.7 Å². The van der Waals surface area contributed by atoms with Crippen LogP contribution in [-0.4, -0.2) is 89.4 Å². The lowest BCUT2D eigenvalue weighted by molar-refractivity contribution is -0.130. The third kappa shape index (κ3) is 7.10. The number of carbonyl (C=O) groups excluding carboxylic acids is 4. The summed E-state index contributed by atoms with van der Waals surface area (Å²) in [6.45, 7) is 5.79. The quantitative estimate of drug-likeness (QED) is 0.404. The van der Waals surface area contributed by atoms with E-state index in [0.717, 1.165) is 25.7 Å². The summed E-state index contributed by atoms with van der Waals surface area (Å²) in [6, 6.07) is 6.12. The van der Waals surface area contributed by atoms with Crippen molar-refractivity contribution in [3.8, 4) is 28.8 Å². The van der Waals surface area contributed by atoms with Gasteiger partial charge in [0.2, 0.25) is 23.6 Å². The number of amides is 4. The van der Waals surface area contributed by atoms with Crippen LogP contribution in [0.5, 0.6) is 17.4 Å². The SMILES string of the molecule is COc1ccc2cc1OCCCN(C(=O)c1cc3c(nc1OC)CN(C1CCCC1)C3=O)CC(=O)N[C@@H](C(C)C)C(=O)NCc1nc-2oc1C. The normalized spacial score (nSPS) is 19.0. The molecule has 0 saturated heterocycles. The number of methoxy groups -OCH3 is 2. The number of nitrogens with zero attached hydrogens (tertiary/aromatic N) is 4. The first-order valence-corrected chi connectivity index (χ1v) is 17.1. The minimum Gasteiger partial charge on any atom is -0.493 e. The number of nitrogens with one attached hydrogen (secondary N) is 2. The van der Waals surface area contributed by atoms with Gasteiger partial charge in [-0.15, -0.1) is 0 Å². The summed E-state index contributed by atoms with van der Waals surface area (Å²) in [5.41, 5.74) is 2.21. The monoisotopic (exact) mass is 688 g/mol. The van der Waals surface area contributed by atoms with Crippen molar-refractivity contribution in [2.45, 2.75) is 78.0 Å². The predicted molar refractivity (Wildman–Crippen MR) is 181 cm³/mol. The second-order valence-electron chi connectivity index (χ2n) is 13.2. The molecule has 1 aliphatic carbocycles. The van der Waals surface area contributed by atoms with Gasteiger partial charge < -0.3 is 39.1 Å². The molecule has 1 fully saturated rings. The van der Waals surface area contributed by atoms with Crippen LogP contribution in [0.25, 0.3) is 11.5 Å². The van der Waals surface area contributed by atoms with E-state index in [2.05, 4.69) is 20.6 Å². The summed E-state index contributed by atoms with van der Waals surface area (Å²) < 4.78 is 23.1. The Kier molecular flexibility index (Phi) is 10.3. The highest BCUT2D eigenvalue weighted by Gasteiger charge is 2.37. The summed E-state index contributed by atoms with van der Waals surface area (Å²) in [5.74, 6) is 0.0464. The van der Waals surface area contributed by atoms with Crippen molar-refractivity contribution >= 4 is 23.6 Å². The molecule has 4 amide bonds. The second-order valence-corrected chi connectivity index (χ2v) is 13.2. The van der Waals surface area contributed by atoms with Gasteiger partial charge in [-0.1, -0.05) is 26.7 Å². The fraction of sp³-hybridized carbons (Fsp3) is 0.500. The van der Waals surface area contributed by atoms with Crippen molar-refractivity contribution < 1.29 is 37.8 Å². The van der Waals surface area contributed by atoms with E-state index in [1.807, 2.05) is 18.7 Å². The van der Waals surface area contributed by atoms with Crippen molar-refractivity contribution in [1.82, 2.24) is 30.4 Å². The van der Waals surface area contributed by atoms with Gasteiger partial charge in [0, 0.05) is 18.2 Å². The number of aryl methyl sites for hydroxylation is 1. The summed E-state index contributed by atoms with van der Waals surface area (Å²) in [7, 11) is 2.96. The van der Waals surface area contributed by atoms with Gasteiger partial charge in [0.15, 0.2) is 11.5 Å². The number of rotatable bonds is 5. The predicted octanol–water partition coefficient (Wildman–Crippen LogP) is 3.64. The maximum atomic E-state index is 14.3. The number of oxazole rings is 1. The Hall–Kier alpha value is -5.14. The number of hydrogen-bond donors (Lipinski definition) is 2. The van der Waals surface area contributed by atoms with Crippen LogP contribution >= 0.6 is 0 Å². The molecule has 3 aliphatic rings.